The summed E-state index contributed by atoms with van der Waals surface area (Å²) in [6, 6.07) is 1.03. The van der Waals surface area contributed by atoms with Crippen molar-refractivity contribution in [1.82, 2.24) is 24.8 Å². The number of amidine groups is 1. The average molecular weight is 1000 g/mol. The Hall–Kier alpha value is -5.65. The minimum absolute atomic E-state index is 0. The molecule has 4 fully saturated rings. The number of aromatic nitrogens is 2. The third-order valence-corrected chi connectivity index (χ3v) is 10.4. The Morgan fingerprint density at radius 3 is 1.94 bits per heavy atom. The molecule has 3 saturated heterocycles. The molecule has 6 rings (SSSR count). The van der Waals surface area contributed by atoms with Crippen LogP contribution in [0.3, 0.4) is 0 Å². The molecule has 1 aliphatic carbocycles. The van der Waals surface area contributed by atoms with Gasteiger partial charge in [-0.15, -0.1) is 12.4 Å². The van der Waals surface area contributed by atoms with Gasteiger partial charge < -0.3 is 45.9 Å². The molecule has 0 spiro atoms. The number of carbonyl (C=O) groups excluding carboxylic acids is 3. The maximum atomic E-state index is 13.8. The SMILES string of the molecule is CC(C)(C)OC(=O)N1CCC[C@H]1C#N.CC(C)(C)OC(=O)N1CCC[C@H]1C(N)=NO.Cl.NO.N[C@@H](CC(=O)N1CCC[C@H]1c1noc(C2(C(F)(F)F)CC2)n1)Cc1cc(F)c(F)cc1F.O=CO. The molecular formula is C41H61ClF6N10O10. The highest BCUT2D eigenvalue weighted by atomic mass is 35.5. The first-order valence-electron chi connectivity index (χ1n) is 21.0. The van der Waals surface area contributed by atoms with E-state index in [1.807, 2.05) is 20.8 Å². The van der Waals surface area contributed by atoms with Gasteiger partial charge in [0.25, 0.3) is 6.47 Å². The number of amides is 3. The Morgan fingerprint density at radius 1 is 0.926 bits per heavy atom. The maximum absolute atomic E-state index is 13.8. The fourth-order valence-corrected chi connectivity index (χ4v) is 7.18. The molecule has 3 amide bonds. The number of oxime groups is 1. The second kappa shape index (κ2) is 26.2. The monoisotopic (exact) mass is 1000 g/mol. The van der Waals surface area contributed by atoms with Crippen LogP contribution in [-0.4, -0.2) is 126 Å². The normalized spacial score (nSPS) is 19.9. The average Bonchev–Trinajstić information content (AvgIpc) is 3.75. The lowest BCUT2D eigenvalue weighted by Gasteiger charge is -2.27. The number of likely N-dealkylation sites (tertiary alicyclic amines) is 3. The fourth-order valence-electron chi connectivity index (χ4n) is 7.18. The lowest BCUT2D eigenvalue weighted by atomic mass is 10.0. The second-order valence-corrected chi connectivity index (χ2v) is 17.7. The summed E-state index contributed by atoms with van der Waals surface area (Å²) in [7, 11) is 0. The molecule has 0 radical (unpaired) electrons. The van der Waals surface area contributed by atoms with E-state index in [2.05, 4.69) is 27.3 Å². The van der Waals surface area contributed by atoms with Crippen LogP contribution in [0.25, 0.3) is 0 Å². The molecule has 2 aromatic rings. The highest BCUT2D eigenvalue weighted by Gasteiger charge is 2.68. The zero-order valence-corrected chi connectivity index (χ0v) is 39.3. The largest absolute Gasteiger partial charge is 0.483 e. The zero-order valence-electron chi connectivity index (χ0n) is 38.5. The number of carboxylic acid groups (broad SMARTS) is 1. The van der Waals surface area contributed by atoms with Crippen molar-refractivity contribution in [3.05, 3.63) is 46.9 Å². The summed E-state index contributed by atoms with van der Waals surface area (Å²) in [6.45, 7) is 12.2. The highest BCUT2D eigenvalue weighted by Crippen LogP contribution is 2.58. The molecule has 4 heterocycles. The van der Waals surface area contributed by atoms with Crippen LogP contribution in [-0.2, 0) is 30.9 Å². The highest BCUT2D eigenvalue weighted by molar-refractivity contribution is 5.89. The van der Waals surface area contributed by atoms with Gasteiger partial charge in [0.15, 0.2) is 23.3 Å². The van der Waals surface area contributed by atoms with Gasteiger partial charge in [-0.25, -0.2) is 28.7 Å². The van der Waals surface area contributed by atoms with Gasteiger partial charge in [0.2, 0.25) is 11.8 Å². The molecular weight excluding hydrogens is 942 g/mol. The summed E-state index contributed by atoms with van der Waals surface area (Å²) in [5.41, 5.74) is 8.16. The molecule has 4 aliphatic rings. The van der Waals surface area contributed by atoms with Crippen LogP contribution in [0, 0.1) is 28.8 Å². The Kier molecular flexibility index (Phi) is 23.3. The van der Waals surface area contributed by atoms with E-state index in [4.69, 9.17) is 51.0 Å². The number of benzene rings is 1. The molecule has 3 aliphatic heterocycles. The summed E-state index contributed by atoms with van der Waals surface area (Å²) >= 11 is 0. The van der Waals surface area contributed by atoms with Crippen molar-refractivity contribution in [2.75, 3.05) is 19.6 Å². The first-order valence-corrected chi connectivity index (χ1v) is 21.0. The van der Waals surface area contributed by atoms with Gasteiger partial charge in [-0.2, -0.15) is 23.4 Å². The van der Waals surface area contributed by atoms with Crippen molar-refractivity contribution in [1.29, 1.82) is 5.26 Å². The number of carbonyl (C=O) groups is 4. The summed E-state index contributed by atoms with van der Waals surface area (Å²) < 4.78 is 95.5. The Bertz CT molecular complexity index is 2040. The molecule has 384 valence electrons. The number of halogens is 7. The Balaban J connectivity index is 0.000000539. The van der Waals surface area contributed by atoms with Gasteiger partial charge in [-0.3, -0.25) is 19.4 Å². The Labute approximate surface area is 395 Å². The molecule has 1 aromatic carbocycles. The molecule has 4 atom stereocenters. The number of nitrogens with zero attached hydrogens (tertiary/aromatic N) is 7. The van der Waals surface area contributed by atoms with Gasteiger partial charge in [-0.1, -0.05) is 10.3 Å². The van der Waals surface area contributed by atoms with E-state index in [1.54, 1.807) is 20.8 Å². The van der Waals surface area contributed by atoms with Crippen LogP contribution in [0.2, 0.25) is 0 Å². The molecule has 27 heteroatoms. The van der Waals surface area contributed by atoms with Gasteiger partial charge in [0.1, 0.15) is 28.5 Å². The number of rotatable bonds is 7. The van der Waals surface area contributed by atoms with E-state index in [0.29, 0.717) is 51.0 Å². The fraction of sp³-hybridized carbons (Fsp3) is 0.659. The second-order valence-electron chi connectivity index (χ2n) is 17.7. The number of nitriles is 1. The molecule has 68 heavy (non-hydrogen) atoms. The number of hydrogen-bond acceptors (Lipinski definition) is 15. The topological polar surface area (TPSA) is 310 Å². The van der Waals surface area contributed by atoms with Crippen LogP contribution in [0.15, 0.2) is 21.8 Å². The molecule has 20 nitrogen and oxygen atoms in total. The van der Waals surface area contributed by atoms with Crippen LogP contribution < -0.4 is 17.4 Å². The molecule has 1 saturated carbocycles. The van der Waals surface area contributed by atoms with E-state index < -0.39 is 70.2 Å². The van der Waals surface area contributed by atoms with Crippen molar-refractivity contribution in [3.63, 3.8) is 0 Å². The minimum Gasteiger partial charge on any atom is -0.483 e. The quantitative estimate of drug-likeness (QED) is 0.0342. The van der Waals surface area contributed by atoms with Gasteiger partial charge >= 0.3 is 18.4 Å². The van der Waals surface area contributed by atoms with Crippen molar-refractivity contribution in [2.45, 2.75) is 153 Å². The van der Waals surface area contributed by atoms with Crippen LogP contribution in [0.4, 0.5) is 35.9 Å². The molecule has 0 bridgehead atoms. The van der Waals surface area contributed by atoms with Crippen molar-refractivity contribution in [2.24, 2.45) is 22.5 Å². The van der Waals surface area contributed by atoms with E-state index in [-0.39, 0.29) is 80.0 Å². The van der Waals surface area contributed by atoms with E-state index in [9.17, 15) is 40.7 Å². The van der Waals surface area contributed by atoms with Crippen molar-refractivity contribution >= 4 is 42.8 Å². The van der Waals surface area contributed by atoms with Crippen LogP contribution in [0.1, 0.15) is 123 Å². The standard InChI is InChI=1S/C20H20F6N4O2.C10H19N3O3.C10H16N2O2.CH2O2.ClH.H3NO/c21-12-9-14(23)13(22)7-10(12)6-11(27)8-16(31)30-5-1-2-15(30)17-28-18(32-29-17)19(3-4-19)20(24,25)26;1-10(2,3)16-9(14)13-6-4-5-7(13)8(11)12-15;1-10(2,3)14-9(13)12-6-4-5-8(12)7-11;2-1-3;;1-2/h7,9,11,15H,1-6,8,27H2;7,15H,4-6H2,1-3H3,(H2,11,12);8H,4-6H2,1-3H3;1H,(H,2,3);1H;2H,1H2/t11-,15+;7-;8-;;;/m100.../s1. The van der Waals surface area contributed by atoms with Crippen molar-refractivity contribution < 1.29 is 75.0 Å². The van der Waals surface area contributed by atoms with Crippen molar-refractivity contribution in [3.8, 4) is 6.07 Å². The third kappa shape index (κ3) is 17.1. The van der Waals surface area contributed by atoms with Gasteiger partial charge in [0.05, 0.1) is 18.2 Å². The number of nitrogens with two attached hydrogens (primary N) is 3. The van der Waals surface area contributed by atoms with Crippen LogP contribution >= 0.6 is 12.4 Å². The minimum atomic E-state index is -4.50. The maximum Gasteiger partial charge on any atom is 0.411 e. The lowest BCUT2D eigenvalue weighted by Crippen LogP contribution is -2.45. The Morgan fingerprint density at radius 2 is 1.43 bits per heavy atom. The van der Waals surface area contributed by atoms with E-state index in [0.717, 1.165) is 19.3 Å². The van der Waals surface area contributed by atoms with E-state index >= 15 is 0 Å². The third-order valence-electron chi connectivity index (χ3n) is 10.4. The summed E-state index contributed by atoms with van der Waals surface area (Å²) in [5, 5.41) is 37.4. The number of ether oxygens (including phenoxy) is 2. The first kappa shape index (κ1) is 60.4. The number of hydrogen-bond donors (Lipinski definition) is 6. The number of alkyl halides is 3. The van der Waals surface area contributed by atoms with Gasteiger partial charge in [-0.05, 0) is 111 Å². The smallest absolute Gasteiger partial charge is 0.411 e. The van der Waals surface area contributed by atoms with Gasteiger partial charge in [0, 0.05) is 38.2 Å². The summed E-state index contributed by atoms with van der Waals surface area (Å²) in [5.74, 6) is -0.876. The van der Waals surface area contributed by atoms with E-state index in [1.165, 1.54) is 14.7 Å². The first-order chi connectivity index (χ1) is 31.2. The summed E-state index contributed by atoms with van der Waals surface area (Å²) in [4.78, 5) is 52.9. The lowest BCUT2D eigenvalue weighted by molar-refractivity contribution is -0.166. The van der Waals surface area contributed by atoms with Crippen LogP contribution in [0.5, 0.6) is 0 Å². The zero-order chi connectivity index (χ0) is 51.1. The summed E-state index contributed by atoms with van der Waals surface area (Å²) in [6.07, 6.45) is -1.76. The predicted octanol–water partition coefficient (Wildman–Crippen LogP) is 6.20. The molecule has 9 N–H and O–H groups in total. The molecule has 1 aromatic heterocycles. The predicted molar refractivity (Wildman–Crippen MR) is 230 cm³/mol. The molecule has 0 unspecified atom stereocenters.